The molecule has 4 nitrogen and oxygen atoms in total. The third-order valence-electron chi connectivity index (χ3n) is 5.16. The normalized spacial score (nSPS) is 15.6. The summed E-state index contributed by atoms with van der Waals surface area (Å²) in [5.74, 6) is 0.717. The lowest BCUT2D eigenvalue weighted by Crippen LogP contribution is -2.36. The number of ether oxygens (including phenoxy) is 1. The number of carbonyl (C=O) groups excluding carboxylic acids is 1. The van der Waals surface area contributed by atoms with Gasteiger partial charge in [-0.25, -0.2) is 0 Å². The maximum atomic E-state index is 12.5. The first kappa shape index (κ1) is 18.5. The van der Waals surface area contributed by atoms with E-state index in [0.29, 0.717) is 12.1 Å². The van der Waals surface area contributed by atoms with Gasteiger partial charge in [0.15, 0.2) is 0 Å². The molecule has 1 heterocycles. The summed E-state index contributed by atoms with van der Waals surface area (Å²) in [5, 5.41) is 3.12. The standard InChI is InChI=1S/C22H28N2O2/c1-3-17-6-8-18(9-7-17)21(24-14-4-5-15-24)16-23-22(25)19-10-12-20(26-2)13-11-19/h6-13,21H,3-5,14-16H2,1-2H3,(H,23,25). The van der Waals surface area contributed by atoms with Gasteiger partial charge in [-0.3, -0.25) is 9.69 Å². The summed E-state index contributed by atoms with van der Waals surface area (Å²) < 4.78 is 5.15. The van der Waals surface area contributed by atoms with E-state index in [2.05, 4.69) is 41.4 Å². The zero-order valence-corrected chi connectivity index (χ0v) is 15.7. The van der Waals surface area contributed by atoms with E-state index < -0.39 is 0 Å². The quantitative estimate of drug-likeness (QED) is 0.823. The van der Waals surface area contributed by atoms with Crippen LogP contribution >= 0.6 is 0 Å². The number of methoxy groups -OCH3 is 1. The van der Waals surface area contributed by atoms with Crippen molar-refractivity contribution < 1.29 is 9.53 Å². The van der Waals surface area contributed by atoms with E-state index in [1.807, 2.05) is 12.1 Å². The molecule has 26 heavy (non-hydrogen) atoms. The van der Waals surface area contributed by atoms with Gasteiger partial charge < -0.3 is 10.1 Å². The largest absolute Gasteiger partial charge is 0.497 e. The van der Waals surface area contributed by atoms with Crippen molar-refractivity contribution in [2.45, 2.75) is 32.2 Å². The summed E-state index contributed by atoms with van der Waals surface area (Å²) in [7, 11) is 1.62. The Morgan fingerprint density at radius 3 is 2.31 bits per heavy atom. The van der Waals surface area contributed by atoms with Gasteiger partial charge in [0.05, 0.1) is 13.2 Å². The van der Waals surface area contributed by atoms with Gasteiger partial charge in [0, 0.05) is 12.1 Å². The Bertz CT molecular complexity index is 704. The van der Waals surface area contributed by atoms with Crippen molar-refractivity contribution in [2.75, 3.05) is 26.7 Å². The van der Waals surface area contributed by atoms with Gasteiger partial charge in [-0.2, -0.15) is 0 Å². The van der Waals surface area contributed by atoms with E-state index in [-0.39, 0.29) is 11.9 Å². The summed E-state index contributed by atoms with van der Waals surface area (Å²) >= 11 is 0. The highest BCUT2D eigenvalue weighted by molar-refractivity contribution is 5.94. The number of amides is 1. The molecule has 1 N–H and O–H groups in total. The van der Waals surface area contributed by atoms with Crippen molar-refractivity contribution in [1.82, 2.24) is 10.2 Å². The number of benzene rings is 2. The zero-order valence-electron chi connectivity index (χ0n) is 15.7. The fourth-order valence-electron chi connectivity index (χ4n) is 3.52. The van der Waals surface area contributed by atoms with Crippen LogP contribution in [0.5, 0.6) is 5.75 Å². The molecule has 138 valence electrons. The van der Waals surface area contributed by atoms with Crippen LogP contribution in [0.2, 0.25) is 0 Å². The number of rotatable bonds is 7. The van der Waals surface area contributed by atoms with Crippen LogP contribution in [0.1, 0.15) is 47.3 Å². The van der Waals surface area contributed by atoms with Crippen LogP contribution in [-0.4, -0.2) is 37.6 Å². The fourth-order valence-corrected chi connectivity index (χ4v) is 3.52. The maximum absolute atomic E-state index is 12.5. The van der Waals surface area contributed by atoms with Crippen LogP contribution in [0.3, 0.4) is 0 Å². The molecule has 1 unspecified atom stereocenters. The minimum Gasteiger partial charge on any atom is -0.497 e. The lowest BCUT2D eigenvalue weighted by molar-refractivity contribution is 0.0938. The first-order chi connectivity index (χ1) is 12.7. The molecule has 1 fully saturated rings. The van der Waals surface area contributed by atoms with Gasteiger partial charge >= 0.3 is 0 Å². The molecule has 0 radical (unpaired) electrons. The third kappa shape index (κ3) is 4.44. The minimum atomic E-state index is -0.0398. The zero-order chi connectivity index (χ0) is 18.4. The first-order valence-corrected chi connectivity index (χ1v) is 9.46. The average Bonchev–Trinajstić information content (AvgIpc) is 3.23. The Labute approximate surface area is 156 Å². The van der Waals surface area contributed by atoms with Crippen molar-refractivity contribution >= 4 is 5.91 Å². The number of carbonyl (C=O) groups is 1. The molecule has 0 aliphatic carbocycles. The predicted molar refractivity (Wildman–Crippen MR) is 105 cm³/mol. The van der Waals surface area contributed by atoms with Crippen LogP contribution in [0.4, 0.5) is 0 Å². The van der Waals surface area contributed by atoms with Crippen LogP contribution < -0.4 is 10.1 Å². The Morgan fingerprint density at radius 1 is 1.08 bits per heavy atom. The van der Waals surface area contributed by atoms with Crippen molar-refractivity contribution in [1.29, 1.82) is 0 Å². The van der Waals surface area contributed by atoms with Crippen molar-refractivity contribution in [3.8, 4) is 5.75 Å². The van der Waals surface area contributed by atoms with E-state index in [9.17, 15) is 4.79 Å². The van der Waals surface area contributed by atoms with E-state index in [1.54, 1.807) is 19.2 Å². The molecule has 1 amide bonds. The van der Waals surface area contributed by atoms with Crippen LogP contribution in [0.15, 0.2) is 48.5 Å². The number of hydrogen-bond donors (Lipinski definition) is 1. The molecule has 0 saturated carbocycles. The molecule has 0 aromatic heterocycles. The molecule has 0 bridgehead atoms. The molecule has 3 rings (SSSR count). The van der Waals surface area contributed by atoms with Gasteiger partial charge in [0.1, 0.15) is 5.75 Å². The van der Waals surface area contributed by atoms with Gasteiger partial charge in [-0.15, -0.1) is 0 Å². The number of likely N-dealkylation sites (tertiary alicyclic amines) is 1. The summed E-state index contributed by atoms with van der Waals surface area (Å²) in [4.78, 5) is 15.0. The Morgan fingerprint density at radius 2 is 1.73 bits per heavy atom. The van der Waals surface area contributed by atoms with Gasteiger partial charge in [-0.05, 0) is 67.7 Å². The number of nitrogens with zero attached hydrogens (tertiary/aromatic N) is 1. The maximum Gasteiger partial charge on any atom is 0.251 e. The van der Waals surface area contributed by atoms with Crippen molar-refractivity contribution in [3.63, 3.8) is 0 Å². The second-order valence-corrected chi connectivity index (χ2v) is 6.79. The lowest BCUT2D eigenvalue weighted by Gasteiger charge is -2.28. The highest BCUT2D eigenvalue weighted by atomic mass is 16.5. The second-order valence-electron chi connectivity index (χ2n) is 6.79. The summed E-state index contributed by atoms with van der Waals surface area (Å²) in [6, 6.07) is 16.3. The molecular formula is C22H28N2O2. The van der Waals surface area contributed by atoms with Gasteiger partial charge in [0.25, 0.3) is 5.91 Å². The highest BCUT2D eigenvalue weighted by Gasteiger charge is 2.24. The third-order valence-corrected chi connectivity index (χ3v) is 5.16. The molecule has 0 spiro atoms. The molecule has 1 saturated heterocycles. The summed E-state index contributed by atoms with van der Waals surface area (Å²) in [5.41, 5.74) is 3.28. The molecule has 1 aliphatic rings. The molecule has 2 aromatic rings. The molecule has 1 aliphatic heterocycles. The van der Waals surface area contributed by atoms with E-state index in [1.165, 1.54) is 24.0 Å². The highest BCUT2D eigenvalue weighted by Crippen LogP contribution is 2.25. The lowest BCUT2D eigenvalue weighted by atomic mass is 10.0. The number of hydrogen-bond acceptors (Lipinski definition) is 3. The Balaban J connectivity index is 1.69. The summed E-state index contributed by atoms with van der Waals surface area (Å²) in [6.45, 7) is 4.98. The number of aryl methyl sites for hydroxylation is 1. The van der Waals surface area contributed by atoms with E-state index in [4.69, 9.17) is 4.74 Å². The van der Waals surface area contributed by atoms with Crippen molar-refractivity contribution in [2.24, 2.45) is 0 Å². The first-order valence-electron chi connectivity index (χ1n) is 9.46. The van der Waals surface area contributed by atoms with Gasteiger partial charge in [0.2, 0.25) is 0 Å². The van der Waals surface area contributed by atoms with Gasteiger partial charge in [-0.1, -0.05) is 31.2 Å². The summed E-state index contributed by atoms with van der Waals surface area (Å²) in [6.07, 6.45) is 3.51. The van der Waals surface area contributed by atoms with Crippen LogP contribution in [0.25, 0.3) is 0 Å². The topological polar surface area (TPSA) is 41.6 Å². The minimum absolute atomic E-state index is 0.0398. The van der Waals surface area contributed by atoms with Crippen molar-refractivity contribution in [3.05, 3.63) is 65.2 Å². The van der Waals surface area contributed by atoms with E-state index in [0.717, 1.165) is 25.3 Å². The van der Waals surface area contributed by atoms with Crippen LogP contribution in [0, 0.1) is 0 Å². The molecular weight excluding hydrogens is 324 g/mol. The SMILES string of the molecule is CCc1ccc(C(CNC(=O)c2ccc(OC)cc2)N2CCCC2)cc1. The Kier molecular flexibility index (Phi) is 6.29. The smallest absolute Gasteiger partial charge is 0.251 e. The monoisotopic (exact) mass is 352 g/mol. The fraction of sp³-hybridized carbons (Fsp3) is 0.409. The molecule has 1 atom stereocenters. The molecule has 2 aromatic carbocycles. The average molecular weight is 352 g/mol. The second kappa shape index (κ2) is 8.86. The molecule has 4 heteroatoms. The predicted octanol–water partition coefficient (Wildman–Crippen LogP) is 3.82. The van der Waals surface area contributed by atoms with Crippen LogP contribution in [-0.2, 0) is 6.42 Å². The van der Waals surface area contributed by atoms with E-state index >= 15 is 0 Å². The Hall–Kier alpha value is -2.33. The number of nitrogens with one attached hydrogen (secondary N) is 1.